The summed E-state index contributed by atoms with van der Waals surface area (Å²) in [5, 5.41) is 0. The predicted octanol–water partition coefficient (Wildman–Crippen LogP) is 13.0. The summed E-state index contributed by atoms with van der Waals surface area (Å²) in [7, 11) is 0. The van der Waals surface area contributed by atoms with Crippen LogP contribution < -0.4 is 4.74 Å². The summed E-state index contributed by atoms with van der Waals surface area (Å²) in [5.74, 6) is 1.58. The number of fused-ring (bicyclic) bond motifs is 2. The molecule has 0 amide bonds. The van der Waals surface area contributed by atoms with Crippen molar-refractivity contribution in [3.05, 3.63) is 197 Å². The Bertz CT molecular complexity index is 2320. The van der Waals surface area contributed by atoms with E-state index in [2.05, 4.69) is 180 Å². The Morgan fingerprint density at radius 1 is 0.549 bits per heavy atom. The van der Waals surface area contributed by atoms with Gasteiger partial charge in [-0.1, -0.05) is 130 Å². The van der Waals surface area contributed by atoms with Crippen molar-refractivity contribution in [3.8, 4) is 33.8 Å². The van der Waals surface area contributed by atoms with Crippen LogP contribution in [0.1, 0.15) is 59.8 Å². The molecule has 0 unspecified atom stereocenters. The highest BCUT2D eigenvalue weighted by Gasteiger charge is 2.45. The smallest absolute Gasteiger partial charge is 0.128 e. The summed E-state index contributed by atoms with van der Waals surface area (Å²) in [6.07, 6.45) is 1.90. The number of rotatable bonds is 6. The van der Waals surface area contributed by atoms with Crippen LogP contribution in [-0.2, 0) is 10.8 Å². The van der Waals surface area contributed by atoms with E-state index < -0.39 is 5.41 Å². The number of aryl methyl sites for hydroxylation is 2. The van der Waals surface area contributed by atoms with E-state index in [4.69, 9.17) is 9.72 Å². The summed E-state index contributed by atoms with van der Waals surface area (Å²) in [5.41, 5.74) is 12.4. The van der Waals surface area contributed by atoms with Gasteiger partial charge in [0.05, 0.1) is 11.1 Å². The molecule has 0 spiro atoms. The molecular weight excluding hydrogens is 639 g/mol. The second kappa shape index (κ2) is 13.1. The van der Waals surface area contributed by atoms with Crippen LogP contribution in [0.25, 0.3) is 22.3 Å². The average Bonchev–Trinajstić information content (AvgIpc) is 3.14. The largest absolute Gasteiger partial charge is 0.457 e. The third kappa shape index (κ3) is 5.96. The molecule has 2 heterocycles. The van der Waals surface area contributed by atoms with Crippen LogP contribution in [0.2, 0.25) is 0 Å². The van der Waals surface area contributed by atoms with Crippen LogP contribution in [0.5, 0.6) is 11.5 Å². The fraction of sp³-hybridized carbons (Fsp3) is 0.146. The van der Waals surface area contributed by atoms with Gasteiger partial charge in [0, 0.05) is 16.0 Å². The molecule has 0 saturated carbocycles. The normalized spacial score (nSPS) is 13.3. The van der Waals surface area contributed by atoms with Gasteiger partial charge in [0.1, 0.15) is 11.5 Å². The van der Waals surface area contributed by atoms with Gasteiger partial charge in [0.15, 0.2) is 0 Å². The third-order valence-electron chi connectivity index (χ3n) is 10.1. The van der Waals surface area contributed by atoms with Crippen LogP contribution in [0, 0.1) is 13.8 Å². The Morgan fingerprint density at radius 3 is 1.88 bits per heavy atom. The molecule has 0 aliphatic carbocycles. The molecule has 1 aliphatic heterocycles. The maximum Gasteiger partial charge on any atom is 0.128 e. The molecule has 6 aromatic carbocycles. The first-order valence-electron chi connectivity index (χ1n) is 17.6. The van der Waals surface area contributed by atoms with Crippen molar-refractivity contribution in [2.24, 2.45) is 0 Å². The molecular formula is C48H41NOS. The summed E-state index contributed by atoms with van der Waals surface area (Å²) in [6, 6.07) is 54.5. The highest BCUT2D eigenvalue weighted by atomic mass is 32.2. The van der Waals surface area contributed by atoms with Crippen molar-refractivity contribution in [1.29, 1.82) is 0 Å². The molecule has 0 N–H and O–H groups in total. The zero-order valence-electron chi connectivity index (χ0n) is 29.8. The van der Waals surface area contributed by atoms with E-state index in [0.717, 1.165) is 33.9 Å². The van der Waals surface area contributed by atoms with E-state index in [1.54, 1.807) is 0 Å². The van der Waals surface area contributed by atoms with E-state index in [1.165, 1.54) is 48.7 Å². The molecule has 250 valence electrons. The molecule has 0 saturated heterocycles. The van der Waals surface area contributed by atoms with E-state index in [0.29, 0.717) is 0 Å². The van der Waals surface area contributed by atoms with Crippen molar-refractivity contribution >= 4 is 11.8 Å². The molecule has 7 aromatic rings. The van der Waals surface area contributed by atoms with Gasteiger partial charge >= 0.3 is 0 Å². The Kier molecular flexibility index (Phi) is 8.40. The Hall–Kier alpha value is -5.38. The number of benzene rings is 6. The lowest BCUT2D eigenvalue weighted by Crippen LogP contribution is -2.34. The second-order valence-corrected chi connectivity index (χ2v) is 15.6. The van der Waals surface area contributed by atoms with Crippen molar-refractivity contribution in [3.63, 3.8) is 0 Å². The first-order chi connectivity index (χ1) is 24.7. The molecule has 8 rings (SSSR count). The molecule has 51 heavy (non-hydrogen) atoms. The Labute approximate surface area is 306 Å². The molecule has 0 fully saturated rings. The van der Waals surface area contributed by atoms with Crippen LogP contribution >= 0.6 is 11.8 Å². The summed E-state index contributed by atoms with van der Waals surface area (Å²) < 4.78 is 6.94. The molecule has 1 aromatic heterocycles. The van der Waals surface area contributed by atoms with Gasteiger partial charge in [0.25, 0.3) is 0 Å². The third-order valence-corrected chi connectivity index (χ3v) is 11.2. The zero-order chi connectivity index (χ0) is 35.2. The Balaban J connectivity index is 1.30. The number of nitrogens with zero attached hydrogens (tertiary/aromatic N) is 1. The van der Waals surface area contributed by atoms with Gasteiger partial charge in [0.2, 0.25) is 0 Å². The van der Waals surface area contributed by atoms with Crippen molar-refractivity contribution in [1.82, 2.24) is 4.98 Å². The van der Waals surface area contributed by atoms with E-state index in [1.807, 2.05) is 24.0 Å². The van der Waals surface area contributed by atoms with Gasteiger partial charge in [-0.3, -0.25) is 4.98 Å². The van der Waals surface area contributed by atoms with E-state index in [-0.39, 0.29) is 5.41 Å². The van der Waals surface area contributed by atoms with Crippen LogP contribution in [0.3, 0.4) is 0 Å². The lowest BCUT2D eigenvalue weighted by Gasteiger charge is -2.40. The van der Waals surface area contributed by atoms with Gasteiger partial charge in [-0.25, -0.2) is 0 Å². The van der Waals surface area contributed by atoms with E-state index in [9.17, 15) is 0 Å². The van der Waals surface area contributed by atoms with E-state index >= 15 is 0 Å². The van der Waals surface area contributed by atoms with Crippen LogP contribution in [0.4, 0.5) is 0 Å². The minimum atomic E-state index is -0.627. The van der Waals surface area contributed by atoms with Crippen molar-refractivity contribution in [2.45, 2.75) is 55.2 Å². The SMILES string of the molecule is Cc1cccc(C)c1-c1cc(Oc2cccc(C3(c4ccccn4)c4ccccc4Sc4ccccc43)c2)cc(-c2cccc(C(C)(C)C)c2)c1. The van der Waals surface area contributed by atoms with Crippen LogP contribution in [-0.4, -0.2) is 4.98 Å². The number of hydrogen-bond donors (Lipinski definition) is 0. The minimum Gasteiger partial charge on any atom is -0.457 e. The fourth-order valence-corrected chi connectivity index (χ4v) is 8.84. The molecule has 2 nitrogen and oxygen atoms in total. The maximum atomic E-state index is 6.94. The molecule has 3 heteroatoms. The average molecular weight is 680 g/mol. The lowest BCUT2D eigenvalue weighted by molar-refractivity contribution is 0.481. The second-order valence-electron chi connectivity index (χ2n) is 14.5. The molecule has 0 radical (unpaired) electrons. The van der Waals surface area contributed by atoms with Crippen molar-refractivity contribution in [2.75, 3.05) is 0 Å². The minimum absolute atomic E-state index is 0.0401. The standard InChI is InChI=1S/C48H41NOS/c1-32-15-12-16-33(2)46(32)36-27-35(34-17-13-18-37(28-34)47(3,4)5)29-40(30-36)50-39-20-14-19-38(31-39)48(45-25-10-11-26-49-45)41-21-6-8-23-43(41)51-44-24-9-7-22-42(44)48/h6-31H,1-5H3. The van der Waals surface area contributed by atoms with Gasteiger partial charge in [-0.2, -0.15) is 0 Å². The number of pyridine rings is 1. The molecule has 1 aliphatic rings. The Morgan fingerprint density at radius 2 is 1.20 bits per heavy atom. The molecule has 0 bridgehead atoms. The zero-order valence-corrected chi connectivity index (χ0v) is 30.6. The summed E-state index contributed by atoms with van der Waals surface area (Å²) >= 11 is 1.83. The quantitative estimate of drug-likeness (QED) is 0.175. The lowest BCUT2D eigenvalue weighted by atomic mass is 9.66. The summed E-state index contributed by atoms with van der Waals surface area (Å²) in [6.45, 7) is 11.2. The highest BCUT2D eigenvalue weighted by molar-refractivity contribution is 7.99. The van der Waals surface area contributed by atoms with Gasteiger partial charge < -0.3 is 4.74 Å². The number of aromatic nitrogens is 1. The van der Waals surface area contributed by atoms with Crippen LogP contribution in [0.15, 0.2) is 168 Å². The topological polar surface area (TPSA) is 22.1 Å². The first-order valence-corrected chi connectivity index (χ1v) is 18.4. The summed E-state index contributed by atoms with van der Waals surface area (Å²) in [4.78, 5) is 7.51. The predicted molar refractivity (Wildman–Crippen MR) is 212 cm³/mol. The molecule has 0 atom stereocenters. The maximum absolute atomic E-state index is 6.94. The number of ether oxygens (including phenoxy) is 1. The van der Waals surface area contributed by atoms with Crippen molar-refractivity contribution < 1.29 is 4.74 Å². The highest BCUT2D eigenvalue weighted by Crippen LogP contribution is 2.55. The van der Waals surface area contributed by atoms with Gasteiger partial charge in [-0.05, 0) is 129 Å². The monoisotopic (exact) mass is 679 g/mol. The van der Waals surface area contributed by atoms with Gasteiger partial charge in [-0.15, -0.1) is 0 Å². The number of hydrogen-bond acceptors (Lipinski definition) is 3. The fourth-order valence-electron chi connectivity index (χ4n) is 7.65. The first kappa shape index (κ1) is 32.8.